The molecule has 8 rings (SSSR count). The molecule has 8 aromatic rings. The molecule has 0 fully saturated rings. The number of carboxylic acids is 2. The average Bonchev–Trinajstić information content (AvgIpc) is 3.79. The SMILES string of the molecule is C=CCc1cc(F)ccc1OCCCn1cc[n+](CC(OCc2ccc(Cl)cc2Cl)c2ccc(Cl)cc2Cl)c1.C=CCc1cc(F)ccc1OCCCn1cc[n+](CC(OCc2ccc(Cl)cc2Cl)c2ccc(Cl)cc2Cl)c1.O=C([O-])CC(O)C(=O)[O-]. The molecule has 3 unspecified atom stereocenters. The minimum atomic E-state index is -1.96. The second kappa shape index (κ2) is 35.7. The summed E-state index contributed by atoms with van der Waals surface area (Å²) in [6.45, 7) is 11.6. The lowest BCUT2D eigenvalue weighted by molar-refractivity contribution is -0.705. The number of carbonyl (C=O) groups is 2. The Labute approximate surface area is 543 Å². The van der Waals surface area contributed by atoms with Crippen LogP contribution < -0.4 is 28.8 Å². The first-order valence-electron chi connectivity index (χ1n) is 26.9. The third-order valence-corrected chi connectivity index (χ3v) is 15.1. The highest BCUT2D eigenvalue weighted by molar-refractivity contribution is 6.36. The van der Waals surface area contributed by atoms with Crippen LogP contribution in [0, 0.1) is 11.6 Å². The fraction of sp³-hybridized carbons (Fsp3) is 0.250. The molecule has 1 N–H and O–H groups in total. The molecular weight excluding hydrogens is 1290 g/mol. The maximum Gasteiger partial charge on any atom is 0.243 e. The summed E-state index contributed by atoms with van der Waals surface area (Å²) in [4.78, 5) is 19.1. The van der Waals surface area contributed by atoms with E-state index in [1.165, 1.54) is 24.3 Å². The molecule has 0 spiro atoms. The first-order chi connectivity index (χ1) is 41.7. The monoisotopic (exact) mass is 1350 g/mol. The Balaban J connectivity index is 0.000000243. The van der Waals surface area contributed by atoms with Crippen molar-refractivity contribution >= 4 is 105 Å². The Kier molecular flexibility index (Phi) is 28.7. The molecule has 87 heavy (non-hydrogen) atoms. The van der Waals surface area contributed by atoms with Gasteiger partial charge in [-0.3, -0.25) is 0 Å². The molecule has 0 amide bonds. The molecule has 3 atom stereocenters. The fourth-order valence-electron chi connectivity index (χ4n) is 8.51. The third-order valence-electron chi connectivity index (χ3n) is 12.8. The molecule has 460 valence electrons. The van der Waals surface area contributed by atoms with Crippen molar-refractivity contribution in [2.75, 3.05) is 13.2 Å². The lowest BCUT2D eigenvalue weighted by Crippen LogP contribution is -2.39. The van der Waals surface area contributed by atoms with Crippen LogP contribution in [0.5, 0.6) is 11.5 Å². The number of nitrogens with zero attached hydrogens (tertiary/aromatic N) is 4. The highest BCUT2D eigenvalue weighted by Gasteiger charge is 2.23. The number of aliphatic hydroxyl groups excluding tert-OH is 1. The first-order valence-corrected chi connectivity index (χ1v) is 29.9. The zero-order chi connectivity index (χ0) is 63.0. The Morgan fingerprint density at radius 2 is 0.943 bits per heavy atom. The highest BCUT2D eigenvalue weighted by atomic mass is 35.5. The van der Waals surface area contributed by atoms with Crippen molar-refractivity contribution in [1.82, 2.24) is 9.13 Å². The van der Waals surface area contributed by atoms with Crippen LogP contribution in [0.1, 0.15) is 64.9 Å². The summed E-state index contributed by atoms with van der Waals surface area (Å²) < 4.78 is 59.8. The molecule has 13 nitrogen and oxygen atoms in total. The van der Waals surface area contributed by atoms with Crippen LogP contribution in [-0.4, -0.2) is 45.5 Å². The molecule has 0 aliphatic heterocycles. The molecule has 23 heteroatoms. The fourth-order valence-corrected chi connectivity index (χ4v) is 10.5. The standard InChI is InChI=1S/2C30H28Cl4FN2O2.C4H6O5/c2*1-2-4-21-15-25(35)8-10-29(21)38-14-3-11-36-12-13-37(20-36)18-30(26-9-7-24(32)17-28(26)34)39-19-22-5-6-23(31)16-27(22)33;5-2(4(8)9)1-3(6)7/h2*2,5-10,12-13,15-17,20,30H,1,3-4,11,14,18-19H2;2,5H,1H2,(H,6,7)(H,8,9)/q2*+1;/p-2. The van der Waals surface area contributed by atoms with Crippen LogP contribution in [0.3, 0.4) is 0 Å². The van der Waals surface area contributed by atoms with Gasteiger partial charge in [-0.1, -0.05) is 129 Å². The predicted octanol–water partition coefficient (Wildman–Crippen LogP) is 13.6. The Bertz CT molecular complexity index is 3370. The number of aliphatic carboxylic acids is 2. The molecule has 6 aromatic carbocycles. The normalized spacial score (nSPS) is 12.0. The zero-order valence-electron chi connectivity index (χ0n) is 46.6. The van der Waals surface area contributed by atoms with Crippen molar-refractivity contribution in [2.45, 2.75) is 89.8 Å². The van der Waals surface area contributed by atoms with E-state index in [1.807, 2.05) is 70.8 Å². The maximum absolute atomic E-state index is 13.6. The van der Waals surface area contributed by atoms with Gasteiger partial charge in [0.05, 0.1) is 51.6 Å². The van der Waals surface area contributed by atoms with E-state index in [2.05, 4.69) is 22.3 Å². The lowest BCUT2D eigenvalue weighted by Gasteiger charge is -2.19. The first kappa shape index (κ1) is 69.9. The molecule has 0 aliphatic rings. The number of hydrogen-bond acceptors (Lipinski definition) is 9. The smallest absolute Gasteiger partial charge is 0.243 e. The van der Waals surface area contributed by atoms with Crippen molar-refractivity contribution < 1.29 is 61.8 Å². The summed E-state index contributed by atoms with van der Waals surface area (Å²) in [6.07, 6.45) is 14.5. The maximum atomic E-state index is 13.6. The Morgan fingerprint density at radius 3 is 1.29 bits per heavy atom. The largest absolute Gasteiger partial charge is 0.550 e. The van der Waals surface area contributed by atoms with Gasteiger partial charge >= 0.3 is 0 Å². The van der Waals surface area contributed by atoms with Gasteiger partial charge in [-0.15, -0.1) is 13.2 Å². The summed E-state index contributed by atoms with van der Waals surface area (Å²) in [5, 5.41) is 31.7. The number of aromatic nitrogens is 4. The number of hydrogen-bond donors (Lipinski definition) is 1. The van der Waals surface area contributed by atoms with Gasteiger partial charge in [0.25, 0.3) is 0 Å². The van der Waals surface area contributed by atoms with Crippen molar-refractivity contribution in [3.8, 4) is 11.5 Å². The van der Waals surface area contributed by atoms with Crippen molar-refractivity contribution in [3.05, 3.63) is 257 Å². The van der Waals surface area contributed by atoms with E-state index in [0.717, 1.165) is 59.3 Å². The number of carboxylic acid groups (broad SMARTS) is 2. The minimum absolute atomic E-state index is 0.283. The van der Waals surface area contributed by atoms with Crippen LogP contribution in [0.15, 0.2) is 172 Å². The Morgan fingerprint density at radius 1 is 0.552 bits per heavy atom. The van der Waals surface area contributed by atoms with Crippen molar-refractivity contribution in [2.24, 2.45) is 0 Å². The third kappa shape index (κ3) is 23.4. The molecule has 2 heterocycles. The molecule has 0 saturated heterocycles. The average molecular weight is 1350 g/mol. The number of imidazole rings is 2. The molecule has 2 aromatic heterocycles. The van der Waals surface area contributed by atoms with Crippen LogP contribution in [0.2, 0.25) is 40.2 Å². The van der Waals surface area contributed by atoms with Gasteiger partial charge in [-0.2, -0.15) is 0 Å². The van der Waals surface area contributed by atoms with Crippen LogP contribution in [0.25, 0.3) is 0 Å². The number of rotatable bonds is 29. The summed E-state index contributed by atoms with van der Waals surface area (Å²) >= 11 is 50.1. The van der Waals surface area contributed by atoms with E-state index in [4.69, 9.17) is 117 Å². The molecule has 0 radical (unpaired) electrons. The molecule has 0 bridgehead atoms. The number of carbonyl (C=O) groups excluding carboxylic acids is 2. The quantitative estimate of drug-likeness (QED) is 0.0274. The van der Waals surface area contributed by atoms with Gasteiger partial charge in [0.1, 0.15) is 73.2 Å². The predicted molar refractivity (Wildman–Crippen MR) is 332 cm³/mol. The number of ether oxygens (including phenoxy) is 4. The number of aliphatic hydroxyl groups is 1. The van der Waals surface area contributed by atoms with Gasteiger partial charge in [-0.25, -0.2) is 27.0 Å². The number of aryl methyl sites for hydroxylation is 2. The Hall–Kier alpha value is -6.18. The number of allylic oxidation sites excluding steroid dienone is 2. The van der Waals surface area contributed by atoms with E-state index < -0.39 is 24.5 Å². The zero-order valence-corrected chi connectivity index (χ0v) is 52.7. The summed E-state index contributed by atoms with van der Waals surface area (Å²) in [5.41, 5.74) is 4.89. The summed E-state index contributed by atoms with van der Waals surface area (Å²) in [6, 6.07) is 30.5. The topological polar surface area (TPSA) is 155 Å². The van der Waals surface area contributed by atoms with Gasteiger partial charge in [0, 0.05) is 87.7 Å². The number of benzene rings is 6. The summed E-state index contributed by atoms with van der Waals surface area (Å²) in [7, 11) is 0. The van der Waals surface area contributed by atoms with Crippen LogP contribution in [0.4, 0.5) is 8.78 Å². The highest BCUT2D eigenvalue weighted by Crippen LogP contribution is 2.33. The van der Waals surface area contributed by atoms with Crippen LogP contribution >= 0.6 is 92.8 Å². The van der Waals surface area contributed by atoms with Gasteiger partial charge in [0.15, 0.2) is 0 Å². The minimum Gasteiger partial charge on any atom is -0.550 e. The second-order valence-corrected chi connectivity index (χ2v) is 22.8. The van der Waals surface area contributed by atoms with Gasteiger partial charge < -0.3 is 43.9 Å². The van der Waals surface area contributed by atoms with Gasteiger partial charge in [0.2, 0.25) is 12.7 Å². The van der Waals surface area contributed by atoms with E-state index in [-0.39, 0.29) is 37.1 Å². The lowest BCUT2D eigenvalue weighted by atomic mass is 10.1. The van der Waals surface area contributed by atoms with E-state index >= 15 is 0 Å². The van der Waals surface area contributed by atoms with Crippen molar-refractivity contribution in [3.63, 3.8) is 0 Å². The molecule has 0 saturated carbocycles. The van der Waals surface area contributed by atoms with Crippen molar-refractivity contribution in [1.29, 1.82) is 0 Å². The molecular formula is C64H60Cl8F2N4O9. The molecule has 0 aliphatic carbocycles. The second-order valence-electron chi connectivity index (χ2n) is 19.4. The van der Waals surface area contributed by atoms with E-state index in [9.17, 15) is 28.6 Å². The van der Waals surface area contributed by atoms with Gasteiger partial charge in [-0.05, 0) is 109 Å². The van der Waals surface area contributed by atoms with Crippen LogP contribution in [-0.2, 0) is 71.3 Å². The van der Waals surface area contributed by atoms with E-state index in [1.54, 1.807) is 72.8 Å². The summed E-state index contributed by atoms with van der Waals surface area (Å²) in [5.74, 6) is -2.63. The van der Waals surface area contributed by atoms with E-state index in [0.29, 0.717) is 90.8 Å². The number of halogens is 10.